The van der Waals surface area contributed by atoms with Crippen LogP contribution in [0.2, 0.25) is 0 Å². The van der Waals surface area contributed by atoms with E-state index in [1.165, 1.54) is 0 Å². The molecule has 0 radical (unpaired) electrons. The summed E-state index contributed by atoms with van der Waals surface area (Å²) in [7, 11) is 1.78. The van der Waals surface area contributed by atoms with Crippen LogP contribution in [0, 0.1) is 5.92 Å². The van der Waals surface area contributed by atoms with Crippen LogP contribution in [-0.2, 0) is 14.4 Å². The van der Waals surface area contributed by atoms with Crippen molar-refractivity contribution in [3.63, 3.8) is 0 Å². The molecule has 7 heteroatoms. The number of piperidine rings is 2. The van der Waals surface area contributed by atoms with E-state index in [1.54, 1.807) is 11.9 Å². The zero-order chi connectivity index (χ0) is 16.8. The fraction of sp³-hybridized carbons (Fsp3) is 0.812. The van der Waals surface area contributed by atoms with Crippen LogP contribution in [0.15, 0.2) is 0 Å². The predicted molar refractivity (Wildman–Crippen MR) is 86.4 cm³/mol. The van der Waals surface area contributed by atoms with E-state index in [4.69, 9.17) is 5.73 Å². The summed E-state index contributed by atoms with van der Waals surface area (Å²) in [4.78, 5) is 39.8. The summed E-state index contributed by atoms with van der Waals surface area (Å²) >= 11 is 0. The van der Waals surface area contributed by atoms with Crippen molar-refractivity contribution in [3.8, 4) is 0 Å². The maximum atomic E-state index is 12.8. The SMILES string of the molecule is CN1CCC(C(=O)N2CCCCC2CNC(=O)CCN)CC1=O. The van der Waals surface area contributed by atoms with Crippen LogP contribution in [0.25, 0.3) is 0 Å². The Bertz CT molecular complexity index is 455. The summed E-state index contributed by atoms with van der Waals surface area (Å²) in [5.41, 5.74) is 5.37. The van der Waals surface area contributed by atoms with Crippen molar-refractivity contribution in [1.29, 1.82) is 0 Å². The molecule has 130 valence electrons. The van der Waals surface area contributed by atoms with Gasteiger partial charge in [-0.3, -0.25) is 14.4 Å². The fourth-order valence-electron chi connectivity index (χ4n) is 3.34. The quantitative estimate of drug-likeness (QED) is 0.726. The molecule has 0 saturated carbocycles. The molecule has 2 aliphatic heterocycles. The molecule has 2 unspecified atom stereocenters. The first-order valence-corrected chi connectivity index (χ1v) is 8.54. The lowest BCUT2D eigenvalue weighted by Gasteiger charge is -2.39. The Morgan fingerprint density at radius 1 is 1.26 bits per heavy atom. The summed E-state index contributed by atoms with van der Waals surface area (Å²) in [6.07, 6.45) is 4.29. The summed E-state index contributed by atoms with van der Waals surface area (Å²) in [6, 6.07) is 0.0349. The predicted octanol–water partition coefficient (Wildman–Crippen LogP) is -0.299. The van der Waals surface area contributed by atoms with Crippen LogP contribution in [0.3, 0.4) is 0 Å². The molecule has 7 nitrogen and oxygen atoms in total. The van der Waals surface area contributed by atoms with Gasteiger partial charge >= 0.3 is 0 Å². The molecule has 3 amide bonds. The van der Waals surface area contributed by atoms with E-state index in [9.17, 15) is 14.4 Å². The van der Waals surface area contributed by atoms with Crippen LogP contribution in [0.5, 0.6) is 0 Å². The Balaban J connectivity index is 1.93. The fourth-order valence-corrected chi connectivity index (χ4v) is 3.34. The lowest BCUT2D eigenvalue weighted by atomic mass is 9.92. The molecule has 0 aromatic carbocycles. The van der Waals surface area contributed by atoms with Crippen molar-refractivity contribution >= 4 is 17.7 Å². The molecule has 0 aromatic rings. The minimum Gasteiger partial charge on any atom is -0.354 e. The van der Waals surface area contributed by atoms with Crippen LogP contribution < -0.4 is 11.1 Å². The zero-order valence-corrected chi connectivity index (χ0v) is 13.9. The maximum absolute atomic E-state index is 12.8. The Morgan fingerprint density at radius 3 is 2.74 bits per heavy atom. The molecule has 2 fully saturated rings. The molecule has 2 aliphatic rings. The first kappa shape index (κ1) is 17.7. The van der Waals surface area contributed by atoms with Gasteiger partial charge in [-0.05, 0) is 25.7 Å². The number of hydrogen-bond acceptors (Lipinski definition) is 4. The van der Waals surface area contributed by atoms with E-state index in [1.807, 2.05) is 4.90 Å². The van der Waals surface area contributed by atoms with E-state index < -0.39 is 0 Å². The number of carbonyl (C=O) groups excluding carboxylic acids is 3. The second kappa shape index (κ2) is 8.29. The van der Waals surface area contributed by atoms with Crippen LogP contribution in [0.1, 0.15) is 38.5 Å². The molecule has 0 bridgehead atoms. The van der Waals surface area contributed by atoms with E-state index in [0.29, 0.717) is 32.5 Å². The zero-order valence-electron chi connectivity index (χ0n) is 13.9. The van der Waals surface area contributed by atoms with Crippen molar-refractivity contribution < 1.29 is 14.4 Å². The minimum atomic E-state index is -0.209. The molecule has 0 aromatic heterocycles. The number of likely N-dealkylation sites (tertiary alicyclic amines) is 2. The summed E-state index contributed by atoms with van der Waals surface area (Å²) in [6.45, 7) is 2.17. The number of nitrogens with one attached hydrogen (secondary N) is 1. The van der Waals surface area contributed by atoms with Gasteiger partial charge in [0, 0.05) is 58.0 Å². The largest absolute Gasteiger partial charge is 0.354 e. The number of amides is 3. The third kappa shape index (κ3) is 4.67. The van der Waals surface area contributed by atoms with Crippen LogP contribution in [-0.4, -0.2) is 66.8 Å². The highest BCUT2D eigenvalue weighted by atomic mass is 16.2. The number of nitrogens with two attached hydrogens (primary N) is 1. The number of hydrogen-bond donors (Lipinski definition) is 2. The van der Waals surface area contributed by atoms with Gasteiger partial charge in [-0.2, -0.15) is 0 Å². The van der Waals surface area contributed by atoms with Gasteiger partial charge < -0.3 is 20.9 Å². The third-order valence-corrected chi connectivity index (χ3v) is 4.83. The molecule has 2 heterocycles. The highest BCUT2D eigenvalue weighted by Crippen LogP contribution is 2.24. The van der Waals surface area contributed by atoms with Crippen molar-refractivity contribution in [2.45, 2.75) is 44.6 Å². The number of carbonyl (C=O) groups is 3. The van der Waals surface area contributed by atoms with Gasteiger partial charge in [0.2, 0.25) is 17.7 Å². The highest BCUT2D eigenvalue weighted by Gasteiger charge is 2.35. The van der Waals surface area contributed by atoms with Crippen LogP contribution in [0.4, 0.5) is 0 Å². The molecule has 2 rings (SSSR count). The maximum Gasteiger partial charge on any atom is 0.226 e. The normalized spacial score (nSPS) is 25.4. The highest BCUT2D eigenvalue weighted by molar-refractivity contribution is 5.87. The Hall–Kier alpha value is -1.63. The summed E-state index contributed by atoms with van der Waals surface area (Å²) in [5, 5.41) is 2.87. The first-order chi connectivity index (χ1) is 11.0. The summed E-state index contributed by atoms with van der Waals surface area (Å²) < 4.78 is 0. The Labute approximate surface area is 137 Å². The monoisotopic (exact) mass is 324 g/mol. The smallest absolute Gasteiger partial charge is 0.226 e. The lowest BCUT2D eigenvalue weighted by Crippen LogP contribution is -2.53. The van der Waals surface area contributed by atoms with Gasteiger partial charge in [-0.25, -0.2) is 0 Å². The second-order valence-corrected chi connectivity index (χ2v) is 6.53. The van der Waals surface area contributed by atoms with Crippen molar-refractivity contribution in [1.82, 2.24) is 15.1 Å². The van der Waals surface area contributed by atoms with E-state index in [-0.39, 0.29) is 29.7 Å². The third-order valence-electron chi connectivity index (χ3n) is 4.83. The Kier molecular flexibility index (Phi) is 6.38. The topological polar surface area (TPSA) is 95.7 Å². The molecule has 0 aliphatic carbocycles. The van der Waals surface area contributed by atoms with Gasteiger partial charge in [0.05, 0.1) is 0 Å². The van der Waals surface area contributed by atoms with Gasteiger partial charge in [-0.1, -0.05) is 0 Å². The molecular weight excluding hydrogens is 296 g/mol. The van der Waals surface area contributed by atoms with Crippen LogP contribution >= 0.6 is 0 Å². The Morgan fingerprint density at radius 2 is 2.04 bits per heavy atom. The minimum absolute atomic E-state index is 0.0349. The number of rotatable bonds is 5. The van der Waals surface area contributed by atoms with E-state index in [2.05, 4.69) is 5.32 Å². The molecule has 2 saturated heterocycles. The molecule has 2 atom stereocenters. The molecule has 3 N–H and O–H groups in total. The standard InChI is InChI=1S/C16H28N4O3/c1-19-9-6-12(10-15(19)22)16(23)20-8-3-2-4-13(20)11-18-14(21)5-7-17/h12-13H,2-11,17H2,1H3,(H,18,21). The molecule has 23 heavy (non-hydrogen) atoms. The lowest BCUT2D eigenvalue weighted by molar-refractivity contribution is -0.147. The van der Waals surface area contributed by atoms with Gasteiger partial charge in [0.25, 0.3) is 0 Å². The first-order valence-electron chi connectivity index (χ1n) is 8.54. The van der Waals surface area contributed by atoms with Gasteiger partial charge in [0.15, 0.2) is 0 Å². The van der Waals surface area contributed by atoms with Crippen molar-refractivity contribution in [3.05, 3.63) is 0 Å². The summed E-state index contributed by atoms with van der Waals surface area (Å²) in [5.74, 6) is -0.164. The van der Waals surface area contributed by atoms with Crippen molar-refractivity contribution in [2.75, 3.05) is 33.2 Å². The van der Waals surface area contributed by atoms with E-state index >= 15 is 0 Å². The van der Waals surface area contributed by atoms with Gasteiger partial charge in [-0.15, -0.1) is 0 Å². The average molecular weight is 324 g/mol. The number of nitrogens with zero attached hydrogens (tertiary/aromatic N) is 2. The molecule has 0 spiro atoms. The van der Waals surface area contributed by atoms with Crippen molar-refractivity contribution in [2.24, 2.45) is 11.7 Å². The van der Waals surface area contributed by atoms with Gasteiger partial charge in [0.1, 0.15) is 0 Å². The molecular formula is C16H28N4O3. The van der Waals surface area contributed by atoms with E-state index in [0.717, 1.165) is 32.2 Å². The second-order valence-electron chi connectivity index (χ2n) is 6.53. The average Bonchev–Trinajstić information content (AvgIpc) is 2.55.